The van der Waals surface area contributed by atoms with Crippen LogP contribution < -0.4 is 16.0 Å². The van der Waals surface area contributed by atoms with Gasteiger partial charge in [-0.1, -0.05) is 23.4 Å². The molecule has 0 bridgehead atoms. The quantitative estimate of drug-likeness (QED) is 0.451. The van der Waals surface area contributed by atoms with E-state index in [1.807, 2.05) is 24.3 Å². The summed E-state index contributed by atoms with van der Waals surface area (Å²) >= 11 is 0. The van der Waals surface area contributed by atoms with Gasteiger partial charge in [0.25, 0.3) is 5.91 Å². The van der Waals surface area contributed by atoms with Gasteiger partial charge in [-0.3, -0.25) is 24.5 Å². The first-order valence-corrected chi connectivity index (χ1v) is 11.2. The minimum absolute atomic E-state index is 0.154. The van der Waals surface area contributed by atoms with Crippen LogP contribution in [0.2, 0.25) is 0 Å². The molecule has 0 aliphatic carbocycles. The van der Waals surface area contributed by atoms with Crippen LogP contribution in [0.25, 0.3) is 16.9 Å². The van der Waals surface area contributed by atoms with Crippen molar-refractivity contribution in [2.24, 2.45) is 0 Å². The number of likely N-dealkylation sites (N-methyl/N-ethyl adjacent to an activating group) is 1. The van der Waals surface area contributed by atoms with Crippen molar-refractivity contribution in [1.82, 2.24) is 30.5 Å². The van der Waals surface area contributed by atoms with Crippen molar-refractivity contribution in [2.75, 3.05) is 18.9 Å². The average Bonchev–Trinajstić information content (AvgIpc) is 3.45. The second-order valence-electron chi connectivity index (χ2n) is 8.41. The molecule has 3 N–H and O–H groups in total. The van der Waals surface area contributed by atoms with Crippen LogP contribution in [0.15, 0.2) is 48.7 Å². The monoisotopic (exact) mass is 473 g/mol. The van der Waals surface area contributed by atoms with E-state index in [0.29, 0.717) is 29.1 Å². The van der Waals surface area contributed by atoms with E-state index in [0.717, 1.165) is 11.1 Å². The minimum Gasteiger partial charge on any atom is -0.325 e. The van der Waals surface area contributed by atoms with Crippen LogP contribution in [-0.2, 0) is 20.9 Å². The second-order valence-corrected chi connectivity index (χ2v) is 8.41. The number of nitrogens with one attached hydrogen (secondary N) is 3. The van der Waals surface area contributed by atoms with Crippen molar-refractivity contribution >= 4 is 29.3 Å². The fourth-order valence-corrected chi connectivity index (χ4v) is 4.42. The van der Waals surface area contributed by atoms with E-state index in [9.17, 15) is 19.2 Å². The fourth-order valence-electron chi connectivity index (χ4n) is 4.42. The number of aromatic nitrogens is 3. The van der Waals surface area contributed by atoms with Gasteiger partial charge in [0, 0.05) is 35.3 Å². The zero-order chi connectivity index (χ0) is 24.5. The van der Waals surface area contributed by atoms with Gasteiger partial charge < -0.3 is 15.5 Å². The third-order valence-corrected chi connectivity index (χ3v) is 6.08. The molecule has 1 unspecified atom stereocenters. The molecule has 178 valence electrons. The van der Waals surface area contributed by atoms with Crippen LogP contribution in [0.1, 0.15) is 28.8 Å². The number of amides is 4. The molecule has 4 amide bonds. The largest absolute Gasteiger partial charge is 0.325 e. The summed E-state index contributed by atoms with van der Waals surface area (Å²) in [6.45, 7) is 0.437. The summed E-state index contributed by atoms with van der Waals surface area (Å²) in [6.07, 6.45) is 2.25. The Hall–Kier alpha value is -4.38. The molecule has 1 atom stereocenters. The Morgan fingerprint density at radius 3 is 2.80 bits per heavy atom. The second kappa shape index (κ2) is 9.11. The molecule has 2 aliphatic rings. The van der Waals surface area contributed by atoms with Gasteiger partial charge in [0.2, 0.25) is 17.7 Å². The molecule has 3 aromatic rings. The Morgan fingerprint density at radius 2 is 2.00 bits per heavy atom. The molecule has 0 saturated carbocycles. The number of hydrogen-bond acceptors (Lipinski definition) is 7. The van der Waals surface area contributed by atoms with Gasteiger partial charge in [-0.15, -0.1) is 5.10 Å². The highest BCUT2D eigenvalue weighted by Gasteiger charge is 2.40. The lowest BCUT2D eigenvalue weighted by atomic mass is 10.0. The number of fused-ring (bicyclic) bond motifs is 1. The SMILES string of the molecule is CNCC(=O)Nc1cccc(-c2cn(-c3cccc4c3CN(C3CCC(=O)NC3=O)C4=O)nn2)c1. The first-order valence-electron chi connectivity index (χ1n) is 11.2. The Labute approximate surface area is 200 Å². The highest BCUT2D eigenvalue weighted by molar-refractivity contribution is 6.05. The van der Waals surface area contributed by atoms with E-state index in [1.165, 1.54) is 4.90 Å². The molecule has 2 aliphatic heterocycles. The van der Waals surface area contributed by atoms with Crippen LogP contribution >= 0.6 is 0 Å². The standard InChI is InChI=1S/C24H23N7O4/c1-25-11-22(33)26-15-5-2-4-14(10-15)18-13-31(29-28-18)19-7-3-6-16-17(19)12-30(24(16)35)20-8-9-21(32)27-23(20)34/h2-7,10,13,20,25H,8-9,11-12H2,1H3,(H,26,33)(H,27,32,34). The molecular weight excluding hydrogens is 450 g/mol. The van der Waals surface area contributed by atoms with Crippen LogP contribution in [0.4, 0.5) is 5.69 Å². The Kier molecular flexibility index (Phi) is 5.83. The smallest absolute Gasteiger partial charge is 0.255 e. The number of anilines is 1. The van der Waals surface area contributed by atoms with Gasteiger partial charge >= 0.3 is 0 Å². The summed E-state index contributed by atoms with van der Waals surface area (Å²) in [6, 6.07) is 11.9. The number of carbonyl (C=O) groups is 4. The first kappa shape index (κ1) is 22.4. The number of nitrogens with zero attached hydrogens (tertiary/aromatic N) is 4. The summed E-state index contributed by atoms with van der Waals surface area (Å²) in [5, 5.41) is 16.5. The molecule has 3 heterocycles. The summed E-state index contributed by atoms with van der Waals surface area (Å²) in [4.78, 5) is 50.3. The Morgan fingerprint density at radius 1 is 1.17 bits per heavy atom. The van der Waals surface area contributed by atoms with Crippen LogP contribution in [0, 0.1) is 0 Å². The normalized spacial score (nSPS) is 17.3. The van der Waals surface area contributed by atoms with Crippen molar-refractivity contribution < 1.29 is 19.2 Å². The summed E-state index contributed by atoms with van der Waals surface area (Å²) in [7, 11) is 1.70. The lowest BCUT2D eigenvalue weighted by Gasteiger charge is -2.29. The first-order chi connectivity index (χ1) is 16.9. The van der Waals surface area contributed by atoms with Crippen LogP contribution in [0.3, 0.4) is 0 Å². The lowest BCUT2D eigenvalue weighted by molar-refractivity contribution is -0.137. The van der Waals surface area contributed by atoms with Crippen molar-refractivity contribution in [2.45, 2.75) is 25.4 Å². The molecule has 1 saturated heterocycles. The number of benzene rings is 2. The fraction of sp³-hybridized carbons (Fsp3) is 0.250. The molecule has 2 aromatic carbocycles. The molecular formula is C24H23N7O4. The van der Waals surface area contributed by atoms with E-state index in [1.54, 1.807) is 36.1 Å². The van der Waals surface area contributed by atoms with E-state index in [4.69, 9.17) is 0 Å². The maximum atomic E-state index is 13.1. The number of hydrogen-bond donors (Lipinski definition) is 3. The Balaban J connectivity index is 1.41. The lowest BCUT2D eigenvalue weighted by Crippen LogP contribution is -2.52. The van der Waals surface area contributed by atoms with E-state index in [-0.39, 0.29) is 37.2 Å². The van der Waals surface area contributed by atoms with E-state index < -0.39 is 11.9 Å². The molecule has 1 fully saturated rings. The number of rotatable bonds is 6. The molecule has 0 spiro atoms. The molecule has 11 heteroatoms. The highest BCUT2D eigenvalue weighted by Crippen LogP contribution is 2.32. The van der Waals surface area contributed by atoms with Crippen molar-refractivity contribution in [3.05, 3.63) is 59.8 Å². The molecule has 11 nitrogen and oxygen atoms in total. The third kappa shape index (κ3) is 4.28. The number of imide groups is 1. The highest BCUT2D eigenvalue weighted by atomic mass is 16.2. The molecule has 35 heavy (non-hydrogen) atoms. The van der Waals surface area contributed by atoms with Gasteiger partial charge in [0.1, 0.15) is 11.7 Å². The summed E-state index contributed by atoms with van der Waals surface area (Å²) in [5.41, 5.74) is 3.93. The van der Waals surface area contributed by atoms with Gasteiger partial charge in [-0.05, 0) is 37.7 Å². The zero-order valence-electron chi connectivity index (χ0n) is 18.9. The van der Waals surface area contributed by atoms with Crippen molar-refractivity contribution in [1.29, 1.82) is 0 Å². The number of carbonyl (C=O) groups excluding carboxylic acids is 4. The van der Waals surface area contributed by atoms with Gasteiger partial charge in [0.05, 0.1) is 18.4 Å². The predicted molar refractivity (Wildman–Crippen MR) is 125 cm³/mol. The summed E-state index contributed by atoms with van der Waals surface area (Å²) < 4.78 is 1.60. The molecule has 1 aromatic heterocycles. The van der Waals surface area contributed by atoms with Gasteiger partial charge in [-0.25, -0.2) is 4.68 Å². The maximum absolute atomic E-state index is 13.1. The van der Waals surface area contributed by atoms with Crippen molar-refractivity contribution in [3.8, 4) is 16.9 Å². The predicted octanol–water partition coefficient (Wildman–Crippen LogP) is 0.853. The Bertz CT molecular complexity index is 1350. The minimum atomic E-state index is -0.687. The summed E-state index contributed by atoms with van der Waals surface area (Å²) in [5.74, 6) is -1.18. The number of piperidine rings is 1. The molecule has 0 radical (unpaired) electrons. The van der Waals surface area contributed by atoms with E-state index in [2.05, 4.69) is 26.3 Å². The topological polar surface area (TPSA) is 138 Å². The van der Waals surface area contributed by atoms with Gasteiger partial charge in [-0.2, -0.15) is 0 Å². The zero-order valence-corrected chi connectivity index (χ0v) is 18.9. The third-order valence-electron chi connectivity index (χ3n) is 6.08. The maximum Gasteiger partial charge on any atom is 0.255 e. The van der Waals surface area contributed by atoms with E-state index >= 15 is 0 Å². The van der Waals surface area contributed by atoms with Gasteiger partial charge in [0.15, 0.2) is 0 Å². The van der Waals surface area contributed by atoms with Crippen LogP contribution in [0.5, 0.6) is 0 Å². The van der Waals surface area contributed by atoms with Crippen LogP contribution in [-0.4, -0.2) is 63.2 Å². The average molecular weight is 473 g/mol. The molecule has 5 rings (SSSR count). The van der Waals surface area contributed by atoms with Crippen molar-refractivity contribution in [3.63, 3.8) is 0 Å².